The van der Waals surface area contributed by atoms with Gasteiger partial charge in [0.15, 0.2) is 17.5 Å². The Morgan fingerprint density at radius 1 is 1.36 bits per heavy atom. The molecule has 5 nitrogen and oxygen atoms in total. The zero-order valence-electron chi connectivity index (χ0n) is 13.0. The van der Waals surface area contributed by atoms with Crippen molar-refractivity contribution in [1.29, 1.82) is 0 Å². The van der Waals surface area contributed by atoms with E-state index in [4.69, 9.17) is 21.1 Å². The molecule has 1 heterocycles. The van der Waals surface area contributed by atoms with Crippen LogP contribution < -0.4 is 20.1 Å². The van der Waals surface area contributed by atoms with Gasteiger partial charge in [-0.3, -0.25) is 0 Å². The molecule has 0 aromatic heterocycles. The molecular weight excluding hydrogens is 302 g/mol. The first-order valence-corrected chi connectivity index (χ1v) is 8.18. The zero-order valence-corrected chi connectivity index (χ0v) is 13.7. The maximum Gasteiger partial charge on any atom is 0.191 e. The monoisotopic (exact) mass is 323 g/mol. The first kappa shape index (κ1) is 15.3. The van der Waals surface area contributed by atoms with Gasteiger partial charge < -0.3 is 20.1 Å². The highest BCUT2D eigenvalue weighted by Crippen LogP contribution is 2.38. The van der Waals surface area contributed by atoms with Crippen LogP contribution in [0.4, 0.5) is 0 Å². The number of rotatable bonds is 4. The zero-order chi connectivity index (χ0) is 15.5. The third kappa shape index (κ3) is 3.58. The fraction of sp³-hybridized carbons (Fsp3) is 0.562. The average Bonchev–Trinajstić information content (AvgIpc) is 3.20. The number of hydrogen-bond donors (Lipinski definition) is 2. The van der Waals surface area contributed by atoms with Crippen LogP contribution in [0.3, 0.4) is 0 Å². The van der Waals surface area contributed by atoms with Gasteiger partial charge in [0, 0.05) is 12.6 Å². The Kier molecular flexibility index (Phi) is 4.62. The van der Waals surface area contributed by atoms with Gasteiger partial charge in [-0.25, -0.2) is 4.99 Å². The lowest BCUT2D eigenvalue weighted by atomic mass is 10.2. The van der Waals surface area contributed by atoms with Gasteiger partial charge in [-0.05, 0) is 37.0 Å². The van der Waals surface area contributed by atoms with Crippen LogP contribution in [0.25, 0.3) is 0 Å². The van der Waals surface area contributed by atoms with Crippen molar-refractivity contribution in [3.8, 4) is 11.5 Å². The van der Waals surface area contributed by atoms with Crippen molar-refractivity contribution >= 4 is 17.6 Å². The predicted molar refractivity (Wildman–Crippen MR) is 88.0 cm³/mol. The van der Waals surface area contributed by atoms with Crippen molar-refractivity contribution in [1.82, 2.24) is 10.6 Å². The van der Waals surface area contributed by atoms with Gasteiger partial charge in [0.05, 0.1) is 11.6 Å². The average molecular weight is 324 g/mol. The normalized spacial score (nSPS) is 23.1. The van der Waals surface area contributed by atoms with E-state index >= 15 is 0 Å². The summed E-state index contributed by atoms with van der Waals surface area (Å²) < 4.78 is 11.1. The molecule has 3 rings (SSSR count). The van der Waals surface area contributed by atoms with E-state index < -0.39 is 0 Å². The van der Waals surface area contributed by atoms with E-state index in [9.17, 15) is 0 Å². The van der Waals surface area contributed by atoms with Crippen molar-refractivity contribution in [2.24, 2.45) is 10.9 Å². The number of guanidine groups is 1. The van der Waals surface area contributed by atoms with E-state index in [2.05, 4.69) is 29.5 Å². The van der Waals surface area contributed by atoms with Gasteiger partial charge in [-0.1, -0.05) is 18.5 Å². The molecule has 0 radical (unpaired) electrons. The lowest BCUT2D eigenvalue weighted by molar-refractivity contribution is 0.171. The van der Waals surface area contributed by atoms with Gasteiger partial charge in [0.25, 0.3) is 0 Å². The number of aliphatic imine (C=N–C) groups is 1. The second-order valence-electron chi connectivity index (χ2n) is 5.76. The molecule has 1 aliphatic heterocycles. The molecule has 120 valence electrons. The molecule has 1 aliphatic carbocycles. The summed E-state index contributed by atoms with van der Waals surface area (Å²) in [5.41, 5.74) is 1.01. The molecule has 1 aromatic carbocycles. The lowest BCUT2D eigenvalue weighted by Gasteiger charge is -2.20. The molecule has 0 spiro atoms. The topological polar surface area (TPSA) is 54.9 Å². The van der Waals surface area contributed by atoms with Crippen LogP contribution in [0, 0.1) is 5.92 Å². The molecule has 1 saturated carbocycles. The smallest absolute Gasteiger partial charge is 0.191 e. The van der Waals surface area contributed by atoms with Crippen LogP contribution in [-0.2, 0) is 6.54 Å². The SMILES string of the molecule is CCNC(=NCc1cc(Cl)c2c(c1)OCCO2)NC1CC1C. The standard InChI is InChI=1S/C16H22ClN3O2/c1-3-18-16(20-13-6-10(13)2)19-9-11-7-12(17)15-14(8-11)21-4-5-22-15/h7-8,10,13H,3-6,9H2,1-2H3,(H2,18,19,20). The molecule has 0 amide bonds. The summed E-state index contributed by atoms with van der Waals surface area (Å²) in [5.74, 6) is 2.92. The molecular formula is C16H22ClN3O2. The van der Waals surface area contributed by atoms with Crippen molar-refractivity contribution < 1.29 is 9.47 Å². The molecule has 6 heteroatoms. The van der Waals surface area contributed by atoms with Crippen LogP contribution >= 0.6 is 11.6 Å². The number of ether oxygens (including phenoxy) is 2. The highest BCUT2D eigenvalue weighted by atomic mass is 35.5. The number of benzene rings is 1. The summed E-state index contributed by atoms with van der Waals surface area (Å²) in [7, 11) is 0. The Hall–Kier alpha value is -1.62. The number of nitrogens with one attached hydrogen (secondary N) is 2. The fourth-order valence-corrected chi connectivity index (χ4v) is 2.73. The maximum atomic E-state index is 6.25. The molecule has 2 atom stereocenters. The Labute approximate surface area is 136 Å². The lowest BCUT2D eigenvalue weighted by Crippen LogP contribution is -2.39. The minimum atomic E-state index is 0.540. The van der Waals surface area contributed by atoms with E-state index in [0.29, 0.717) is 42.3 Å². The molecule has 1 fully saturated rings. The first-order valence-electron chi connectivity index (χ1n) is 7.80. The van der Waals surface area contributed by atoms with E-state index in [1.54, 1.807) is 0 Å². The summed E-state index contributed by atoms with van der Waals surface area (Å²) in [5, 5.41) is 7.29. The molecule has 2 aliphatic rings. The number of halogens is 1. The van der Waals surface area contributed by atoms with E-state index in [1.807, 2.05) is 12.1 Å². The summed E-state index contributed by atoms with van der Waals surface area (Å²) >= 11 is 6.25. The largest absolute Gasteiger partial charge is 0.486 e. The summed E-state index contributed by atoms with van der Waals surface area (Å²) in [6, 6.07) is 4.39. The Balaban J connectivity index is 1.70. The molecule has 22 heavy (non-hydrogen) atoms. The molecule has 2 N–H and O–H groups in total. The highest BCUT2D eigenvalue weighted by Gasteiger charge is 2.33. The van der Waals surface area contributed by atoms with Gasteiger partial charge in [-0.2, -0.15) is 0 Å². The molecule has 0 bridgehead atoms. The second kappa shape index (κ2) is 6.65. The summed E-state index contributed by atoms with van der Waals surface area (Å²) in [6.45, 7) is 6.79. The minimum Gasteiger partial charge on any atom is -0.486 e. The maximum absolute atomic E-state index is 6.25. The van der Waals surface area contributed by atoms with E-state index in [0.717, 1.165) is 24.0 Å². The summed E-state index contributed by atoms with van der Waals surface area (Å²) in [6.07, 6.45) is 1.21. The van der Waals surface area contributed by atoms with Crippen molar-refractivity contribution in [2.75, 3.05) is 19.8 Å². The number of hydrogen-bond acceptors (Lipinski definition) is 3. The van der Waals surface area contributed by atoms with Crippen LogP contribution in [0.2, 0.25) is 5.02 Å². The highest BCUT2D eigenvalue weighted by molar-refractivity contribution is 6.32. The van der Waals surface area contributed by atoms with Crippen LogP contribution in [0.5, 0.6) is 11.5 Å². The van der Waals surface area contributed by atoms with Gasteiger partial charge in [-0.15, -0.1) is 0 Å². The Morgan fingerprint density at radius 3 is 2.86 bits per heavy atom. The Bertz CT molecular complexity index is 577. The van der Waals surface area contributed by atoms with Gasteiger partial charge in [0.2, 0.25) is 0 Å². The minimum absolute atomic E-state index is 0.540. The number of fused-ring (bicyclic) bond motifs is 1. The van der Waals surface area contributed by atoms with Gasteiger partial charge >= 0.3 is 0 Å². The quantitative estimate of drug-likeness (QED) is 0.660. The third-order valence-corrected chi connectivity index (χ3v) is 4.13. The second-order valence-corrected chi connectivity index (χ2v) is 6.17. The van der Waals surface area contributed by atoms with Crippen molar-refractivity contribution in [3.63, 3.8) is 0 Å². The van der Waals surface area contributed by atoms with Crippen LogP contribution in [0.1, 0.15) is 25.8 Å². The van der Waals surface area contributed by atoms with E-state index in [1.165, 1.54) is 6.42 Å². The first-order chi connectivity index (χ1) is 10.7. The molecule has 0 saturated heterocycles. The van der Waals surface area contributed by atoms with E-state index in [-0.39, 0.29) is 0 Å². The summed E-state index contributed by atoms with van der Waals surface area (Å²) in [4.78, 5) is 4.63. The van der Waals surface area contributed by atoms with Crippen LogP contribution in [0.15, 0.2) is 17.1 Å². The number of nitrogens with zero attached hydrogens (tertiary/aromatic N) is 1. The van der Waals surface area contributed by atoms with Crippen molar-refractivity contribution in [3.05, 3.63) is 22.7 Å². The predicted octanol–water partition coefficient (Wildman–Crippen LogP) is 2.57. The Morgan fingerprint density at radius 2 is 2.14 bits per heavy atom. The van der Waals surface area contributed by atoms with Crippen LogP contribution in [-0.4, -0.2) is 31.8 Å². The molecule has 1 aromatic rings. The fourth-order valence-electron chi connectivity index (χ4n) is 2.44. The third-order valence-electron chi connectivity index (χ3n) is 3.85. The van der Waals surface area contributed by atoms with Crippen molar-refractivity contribution in [2.45, 2.75) is 32.9 Å². The van der Waals surface area contributed by atoms with Gasteiger partial charge in [0.1, 0.15) is 13.2 Å². The molecule has 2 unspecified atom stereocenters.